The van der Waals surface area contributed by atoms with Gasteiger partial charge in [-0.05, 0) is 18.6 Å². The van der Waals surface area contributed by atoms with Crippen molar-refractivity contribution in [3.05, 3.63) is 35.8 Å². The number of hydrogen-bond donors (Lipinski definition) is 3. The molecule has 1 aliphatic rings. The molecule has 21 heavy (non-hydrogen) atoms. The van der Waals surface area contributed by atoms with Gasteiger partial charge < -0.3 is 15.4 Å². The number of piperazine rings is 1. The standard InChI is InChI=1S/C15H21N5O/c1-11-2-3-12(17-8-11)15-18-9-13(19-15)14(21)10-20-6-4-16-5-7-20/h2-3,8-9,14,16,21H,4-7,10H2,1H3,(H,18,19). The molecule has 6 heteroatoms. The minimum absolute atomic E-state index is 0.571. The summed E-state index contributed by atoms with van der Waals surface area (Å²) in [4.78, 5) is 14.2. The van der Waals surface area contributed by atoms with Crippen molar-refractivity contribution >= 4 is 0 Å². The third-order valence-corrected chi connectivity index (χ3v) is 3.73. The van der Waals surface area contributed by atoms with E-state index < -0.39 is 6.10 Å². The lowest BCUT2D eigenvalue weighted by Gasteiger charge is -2.28. The molecular weight excluding hydrogens is 266 g/mol. The predicted molar refractivity (Wildman–Crippen MR) is 80.8 cm³/mol. The average molecular weight is 287 g/mol. The van der Waals surface area contributed by atoms with E-state index in [1.165, 1.54) is 0 Å². The molecule has 2 aromatic heterocycles. The van der Waals surface area contributed by atoms with Crippen LogP contribution >= 0.6 is 0 Å². The second kappa shape index (κ2) is 6.34. The van der Waals surface area contributed by atoms with Gasteiger partial charge in [0, 0.05) is 45.1 Å². The molecule has 0 saturated carbocycles. The Hall–Kier alpha value is -1.76. The van der Waals surface area contributed by atoms with Gasteiger partial charge in [-0.15, -0.1) is 0 Å². The summed E-state index contributed by atoms with van der Waals surface area (Å²) < 4.78 is 0. The van der Waals surface area contributed by atoms with Crippen molar-refractivity contribution < 1.29 is 5.11 Å². The maximum atomic E-state index is 10.3. The second-order valence-corrected chi connectivity index (χ2v) is 5.46. The highest BCUT2D eigenvalue weighted by Gasteiger charge is 2.18. The lowest BCUT2D eigenvalue weighted by Crippen LogP contribution is -2.45. The Bertz CT molecular complexity index is 574. The summed E-state index contributed by atoms with van der Waals surface area (Å²) in [7, 11) is 0. The number of aryl methyl sites for hydroxylation is 1. The van der Waals surface area contributed by atoms with Gasteiger partial charge in [0.2, 0.25) is 0 Å². The van der Waals surface area contributed by atoms with Crippen LogP contribution in [0.4, 0.5) is 0 Å². The number of β-amino-alcohol motifs (C(OH)–C–C–N with tert-alkyl or cyclic N) is 1. The zero-order valence-electron chi connectivity index (χ0n) is 12.2. The third-order valence-electron chi connectivity index (χ3n) is 3.73. The largest absolute Gasteiger partial charge is 0.385 e. The van der Waals surface area contributed by atoms with Gasteiger partial charge in [-0.3, -0.25) is 9.88 Å². The molecule has 0 spiro atoms. The Kier molecular flexibility index (Phi) is 4.28. The molecular formula is C15H21N5O. The summed E-state index contributed by atoms with van der Waals surface area (Å²) in [6, 6.07) is 3.93. The Morgan fingerprint density at radius 2 is 2.14 bits per heavy atom. The molecule has 112 valence electrons. The quantitative estimate of drug-likeness (QED) is 0.772. The fourth-order valence-electron chi connectivity index (χ4n) is 2.48. The van der Waals surface area contributed by atoms with Crippen molar-refractivity contribution in [1.29, 1.82) is 0 Å². The first-order valence-electron chi connectivity index (χ1n) is 7.32. The molecule has 3 heterocycles. The van der Waals surface area contributed by atoms with Crippen LogP contribution < -0.4 is 5.32 Å². The van der Waals surface area contributed by atoms with Crippen molar-refractivity contribution in [2.24, 2.45) is 0 Å². The van der Waals surface area contributed by atoms with Gasteiger partial charge in [0.15, 0.2) is 5.82 Å². The zero-order valence-corrected chi connectivity index (χ0v) is 12.2. The number of aromatic amines is 1. The second-order valence-electron chi connectivity index (χ2n) is 5.46. The van der Waals surface area contributed by atoms with Gasteiger partial charge in [0.1, 0.15) is 11.8 Å². The van der Waals surface area contributed by atoms with E-state index in [9.17, 15) is 5.11 Å². The predicted octanol–water partition coefficient (Wildman–Crippen LogP) is 0.719. The molecule has 0 bridgehead atoms. The van der Waals surface area contributed by atoms with Crippen LogP contribution in [0.3, 0.4) is 0 Å². The molecule has 1 aliphatic heterocycles. The van der Waals surface area contributed by atoms with Crippen LogP contribution in [0.2, 0.25) is 0 Å². The topological polar surface area (TPSA) is 77.1 Å². The van der Waals surface area contributed by atoms with Gasteiger partial charge in [-0.25, -0.2) is 4.98 Å². The molecule has 0 aromatic carbocycles. The van der Waals surface area contributed by atoms with Crippen molar-refractivity contribution in [3.8, 4) is 11.5 Å². The number of nitrogens with one attached hydrogen (secondary N) is 2. The zero-order chi connectivity index (χ0) is 14.7. The number of aliphatic hydroxyl groups excluding tert-OH is 1. The van der Waals surface area contributed by atoms with Gasteiger partial charge >= 0.3 is 0 Å². The highest BCUT2D eigenvalue weighted by Crippen LogP contribution is 2.18. The Morgan fingerprint density at radius 3 is 2.86 bits per heavy atom. The van der Waals surface area contributed by atoms with E-state index in [0.717, 1.165) is 37.4 Å². The molecule has 0 aliphatic carbocycles. The molecule has 3 N–H and O–H groups in total. The first kappa shape index (κ1) is 14.2. The SMILES string of the molecule is Cc1ccc(-c2nc(C(O)CN3CCNCC3)c[nH]2)nc1. The van der Waals surface area contributed by atoms with Crippen LogP contribution in [0.1, 0.15) is 17.4 Å². The van der Waals surface area contributed by atoms with Crippen LogP contribution in [-0.4, -0.2) is 57.7 Å². The minimum atomic E-state index is -0.571. The first-order valence-corrected chi connectivity index (χ1v) is 7.32. The monoisotopic (exact) mass is 287 g/mol. The average Bonchev–Trinajstić information content (AvgIpc) is 2.99. The van der Waals surface area contributed by atoms with E-state index in [4.69, 9.17) is 0 Å². The fourth-order valence-corrected chi connectivity index (χ4v) is 2.48. The smallest absolute Gasteiger partial charge is 0.156 e. The number of aliphatic hydroxyl groups is 1. The van der Waals surface area contributed by atoms with E-state index >= 15 is 0 Å². The lowest BCUT2D eigenvalue weighted by molar-refractivity contribution is 0.103. The molecule has 6 nitrogen and oxygen atoms in total. The van der Waals surface area contributed by atoms with Crippen LogP contribution in [0.25, 0.3) is 11.5 Å². The molecule has 0 amide bonds. The molecule has 3 rings (SSSR count). The number of aromatic nitrogens is 3. The summed E-state index contributed by atoms with van der Waals surface area (Å²) in [5, 5.41) is 13.6. The number of nitrogens with zero attached hydrogens (tertiary/aromatic N) is 3. The number of hydrogen-bond acceptors (Lipinski definition) is 5. The van der Waals surface area contributed by atoms with Crippen molar-refractivity contribution in [1.82, 2.24) is 25.2 Å². The molecule has 1 fully saturated rings. The normalized spacial score (nSPS) is 17.8. The summed E-state index contributed by atoms with van der Waals surface area (Å²) >= 11 is 0. The number of pyridine rings is 1. The third kappa shape index (κ3) is 3.47. The number of imidazole rings is 1. The van der Waals surface area contributed by atoms with Gasteiger partial charge in [-0.1, -0.05) is 6.07 Å². The Morgan fingerprint density at radius 1 is 1.33 bits per heavy atom. The molecule has 1 saturated heterocycles. The summed E-state index contributed by atoms with van der Waals surface area (Å²) in [6.45, 7) is 6.51. The number of H-pyrrole nitrogens is 1. The Balaban J connectivity index is 1.67. The van der Waals surface area contributed by atoms with E-state index in [2.05, 4.69) is 25.2 Å². The van der Waals surface area contributed by atoms with E-state index in [1.807, 2.05) is 25.3 Å². The van der Waals surface area contributed by atoms with Crippen molar-refractivity contribution in [3.63, 3.8) is 0 Å². The molecule has 1 atom stereocenters. The first-order chi connectivity index (χ1) is 10.2. The van der Waals surface area contributed by atoms with Crippen LogP contribution in [0.15, 0.2) is 24.5 Å². The summed E-state index contributed by atoms with van der Waals surface area (Å²) in [5.74, 6) is 0.698. The molecule has 1 unspecified atom stereocenters. The van der Waals surface area contributed by atoms with E-state index in [1.54, 1.807) is 6.20 Å². The highest BCUT2D eigenvalue weighted by molar-refractivity contribution is 5.49. The fraction of sp³-hybridized carbons (Fsp3) is 0.467. The van der Waals surface area contributed by atoms with Crippen LogP contribution in [-0.2, 0) is 0 Å². The lowest BCUT2D eigenvalue weighted by atomic mass is 10.2. The van der Waals surface area contributed by atoms with Gasteiger partial charge in [-0.2, -0.15) is 0 Å². The van der Waals surface area contributed by atoms with Crippen molar-refractivity contribution in [2.75, 3.05) is 32.7 Å². The van der Waals surface area contributed by atoms with Crippen LogP contribution in [0.5, 0.6) is 0 Å². The highest BCUT2D eigenvalue weighted by atomic mass is 16.3. The number of rotatable bonds is 4. The maximum Gasteiger partial charge on any atom is 0.156 e. The molecule has 0 radical (unpaired) electrons. The minimum Gasteiger partial charge on any atom is -0.385 e. The maximum absolute atomic E-state index is 10.3. The summed E-state index contributed by atoms with van der Waals surface area (Å²) in [5.41, 5.74) is 2.58. The van der Waals surface area contributed by atoms with Crippen LogP contribution in [0, 0.1) is 6.92 Å². The molecule has 2 aromatic rings. The van der Waals surface area contributed by atoms with E-state index in [-0.39, 0.29) is 0 Å². The van der Waals surface area contributed by atoms with Gasteiger partial charge in [0.25, 0.3) is 0 Å². The van der Waals surface area contributed by atoms with Gasteiger partial charge in [0.05, 0.1) is 5.69 Å². The van der Waals surface area contributed by atoms with Crippen molar-refractivity contribution in [2.45, 2.75) is 13.0 Å². The summed E-state index contributed by atoms with van der Waals surface area (Å²) in [6.07, 6.45) is 3.01. The Labute approximate surface area is 124 Å². The van der Waals surface area contributed by atoms with E-state index in [0.29, 0.717) is 18.1 Å².